The van der Waals surface area contributed by atoms with E-state index >= 15 is 0 Å². The third-order valence-corrected chi connectivity index (χ3v) is 3.25. The smallest absolute Gasteiger partial charge is 0.224 e. The van der Waals surface area contributed by atoms with Crippen molar-refractivity contribution in [2.75, 3.05) is 11.1 Å². The van der Waals surface area contributed by atoms with E-state index in [1.807, 2.05) is 18.2 Å². The van der Waals surface area contributed by atoms with Crippen molar-refractivity contribution in [3.8, 4) is 0 Å². The van der Waals surface area contributed by atoms with Crippen LogP contribution in [0.5, 0.6) is 0 Å². The first-order valence-electron chi connectivity index (χ1n) is 6.81. The molecule has 0 heterocycles. The second-order valence-corrected chi connectivity index (χ2v) is 4.76. The number of nitrogens with two attached hydrogens (primary N) is 1. The van der Waals surface area contributed by atoms with Crippen LogP contribution in [0.3, 0.4) is 0 Å². The Morgan fingerprint density at radius 1 is 1.33 bits per heavy atom. The Hall–Kier alpha value is -1.51. The molecule has 1 aromatic carbocycles. The quantitative estimate of drug-likeness (QED) is 0.721. The molecule has 0 saturated carbocycles. The average molecular weight is 248 g/mol. The first-order valence-corrected chi connectivity index (χ1v) is 6.81. The molecule has 1 rings (SSSR count). The summed E-state index contributed by atoms with van der Waals surface area (Å²) in [5.41, 5.74) is 7.13. The lowest BCUT2D eigenvalue weighted by atomic mass is 9.95. The first kappa shape index (κ1) is 14.6. The lowest BCUT2D eigenvalue weighted by Crippen LogP contribution is -2.17. The normalized spacial score (nSPS) is 12.1. The van der Waals surface area contributed by atoms with Gasteiger partial charge in [-0.25, -0.2) is 0 Å². The number of unbranched alkanes of at least 4 members (excludes halogenated alkanes) is 1. The van der Waals surface area contributed by atoms with E-state index in [0.29, 0.717) is 23.7 Å². The minimum absolute atomic E-state index is 0.0656. The maximum absolute atomic E-state index is 11.9. The fourth-order valence-corrected chi connectivity index (χ4v) is 2.02. The Labute approximate surface area is 110 Å². The van der Waals surface area contributed by atoms with E-state index in [1.54, 1.807) is 6.07 Å². The van der Waals surface area contributed by atoms with Gasteiger partial charge in [0.15, 0.2) is 0 Å². The highest BCUT2D eigenvalue weighted by molar-refractivity contribution is 5.93. The number of nitrogens with one attached hydrogen (secondary N) is 1. The number of anilines is 2. The number of carbonyl (C=O) groups excluding carboxylic acids is 1. The third-order valence-electron chi connectivity index (χ3n) is 3.25. The molecule has 1 atom stereocenters. The zero-order chi connectivity index (χ0) is 13.4. The molecule has 1 unspecified atom stereocenters. The van der Waals surface area contributed by atoms with E-state index in [1.165, 1.54) is 12.8 Å². The van der Waals surface area contributed by atoms with Crippen molar-refractivity contribution < 1.29 is 4.79 Å². The van der Waals surface area contributed by atoms with E-state index in [4.69, 9.17) is 5.73 Å². The Balaban J connectivity index is 2.48. The van der Waals surface area contributed by atoms with Gasteiger partial charge in [-0.1, -0.05) is 45.2 Å². The molecule has 3 nitrogen and oxygen atoms in total. The maximum atomic E-state index is 11.9. The summed E-state index contributed by atoms with van der Waals surface area (Å²) in [4.78, 5) is 11.9. The molecular formula is C15H24N2O. The van der Waals surface area contributed by atoms with Crippen molar-refractivity contribution in [2.45, 2.75) is 46.0 Å². The van der Waals surface area contributed by atoms with Crippen molar-refractivity contribution in [3.63, 3.8) is 0 Å². The summed E-state index contributed by atoms with van der Waals surface area (Å²) >= 11 is 0. The molecule has 0 aliphatic rings. The largest absolute Gasteiger partial charge is 0.397 e. The van der Waals surface area contributed by atoms with Gasteiger partial charge in [-0.3, -0.25) is 4.79 Å². The highest BCUT2D eigenvalue weighted by Gasteiger charge is 2.12. The van der Waals surface area contributed by atoms with Crippen molar-refractivity contribution in [1.29, 1.82) is 0 Å². The first-order chi connectivity index (χ1) is 8.67. The molecule has 0 aromatic heterocycles. The lowest BCUT2D eigenvalue weighted by Gasteiger charge is -2.14. The fraction of sp³-hybridized carbons (Fsp3) is 0.533. The predicted octanol–water partition coefficient (Wildman–Crippen LogP) is 3.81. The molecular weight excluding hydrogens is 224 g/mol. The van der Waals surface area contributed by atoms with Gasteiger partial charge in [-0.2, -0.15) is 0 Å². The molecule has 1 aromatic rings. The summed E-state index contributed by atoms with van der Waals surface area (Å²) in [5.74, 6) is 0.547. The van der Waals surface area contributed by atoms with Crippen LogP contribution in [0.2, 0.25) is 0 Å². The molecule has 0 saturated heterocycles. The van der Waals surface area contributed by atoms with Crippen molar-refractivity contribution in [2.24, 2.45) is 5.92 Å². The number of hydrogen-bond acceptors (Lipinski definition) is 2. The molecule has 1 amide bonds. The van der Waals surface area contributed by atoms with Crippen LogP contribution in [0, 0.1) is 5.92 Å². The fourth-order valence-electron chi connectivity index (χ4n) is 2.02. The second kappa shape index (κ2) is 7.75. The van der Waals surface area contributed by atoms with E-state index in [2.05, 4.69) is 19.2 Å². The minimum Gasteiger partial charge on any atom is -0.397 e. The number of nitrogen functional groups attached to an aromatic ring is 1. The van der Waals surface area contributed by atoms with Crippen LogP contribution in [-0.2, 0) is 4.79 Å². The second-order valence-electron chi connectivity index (χ2n) is 4.76. The summed E-state index contributed by atoms with van der Waals surface area (Å²) in [6.45, 7) is 4.32. The van der Waals surface area contributed by atoms with Gasteiger partial charge in [0.05, 0.1) is 11.4 Å². The zero-order valence-corrected chi connectivity index (χ0v) is 11.4. The number of amides is 1. The number of benzene rings is 1. The summed E-state index contributed by atoms with van der Waals surface area (Å²) in [5, 5.41) is 2.89. The monoisotopic (exact) mass is 248 g/mol. The molecule has 0 fully saturated rings. The highest BCUT2D eigenvalue weighted by Crippen LogP contribution is 2.20. The Morgan fingerprint density at radius 2 is 2.06 bits per heavy atom. The molecule has 100 valence electrons. The molecule has 0 bridgehead atoms. The van der Waals surface area contributed by atoms with Gasteiger partial charge in [0.1, 0.15) is 0 Å². The van der Waals surface area contributed by atoms with Crippen molar-refractivity contribution >= 4 is 17.3 Å². The minimum atomic E-state index is 0.0656. The number of carbonyl (C=O) groups is 1. The molecule has 18 heavy (non-hydrogen) atoms. The van der Waals surface area contributed by atoms with Crippen LogP contribution < -0.4 is 11.1 Å². The summed E-state index contributed by atoms with van der Waals surface area (Å²) in [6.07, 6.45) is 5.15. The standard InChI is InChI=1S/C15H24N2O/c1-3-5-8-12(4-2)11-15(18)17-14-10-7-6-9-13(14)16/h6-7,9-10,12H,3-5,8,11,16H2,1-2H3,(H,17,18). The zero-order valence-electron chi connectivity index (χ0n) is 11.4. The number of rotatable bonds is 7. The van der Waals surface area contributed by atoms with Gasteiger partial charge in [0.25, 0.3) is 0 Å². The van der Waals surface area contributed by atoms with Crippen molar-refractivity contribution in [3.05, 3.63) is 24.3 Å². The van der Waals surface area contributed by atoms with E-state index < -0.39 is 0 Å². The molecule has 0 radical (unpaired) electrons. The Kier molecular flexibility index (Phi) is 6.26. The SMILES string of the molecule is CCCCC(CC)CC(=O)Nc1ccccc1N. The molecule has 0 aliphatic carbocycles. The summed E-state index contributed by atoms with van der Waals surface area (Å²) in [7, 11) is 0. The van der Waals surface area contributed by atoms with E-state index in [9.17, 15) is 4.79 Å². The van der Waals surface area contributed by atoms with E-state index in [-0.39, 0.29) is 5.91 Å². The lowest BCUT2D eigenvalue weighted by molar-refractivity contribution is -0.117. The topological polar surface area (TPSA) is 55.1 Å². The van der Waals surface area contributed by atoms with Crippen LogP contribution in [0.4, 0.5) is 11.4 Å². The Morgan fingerprint density at radius 3 is 2.67 bits per heavy atom. The molecule has 0 aliphatic heterocycles. The predicted molar refractivity (Wildman–Crippen MR) is 77.4 cm³/mol. The van der Waals surface area contributed by atoms with Gasteiger partial charge < -0.3 is 11.1 Å². The van der Waals surface area contributed by atoms with Gasteiger partial charge in [-0.05, 0) is 24.5 Å². The Bertz CT molecular complexity index is 377. The van der Waals surface area contributed by atoms with Crippen molar-refractivity contribution in [1.82, 2.24) is 0 Å². The average Bonchev–Trinajstić information content (AvgIpc) is 2.37. The van der Waals surface area contributed by atoms with Crippen LogP contribution in [0.1, 0.15) is 46.0 Å². The van der Waals surface area contributed by atoms with Crippen LogP contribution >= 0.6 is 0 Å². The number of hydrogen-bond donors (Lipinski definition) is 2. The van der Waals surface area contributed by atoms with Gasteiger partial charge in [0, 0.05) is 6.42 Å². The van der Waals surface area contributed by atoms with Crippen LogP contribution in [0.15, 0.2) is 24.3 Å². The van der Waals surface area contributed by atoms with Gasteiger partial charge in [-0.15, -0.1) is 0 Å². The van der Waals surface area contributed by atoms with Crippen LogP contribution in [0.25, 0.3) is 0 Å². The summed E-state index contributed by atoms with van der Waals surface area (Å²) < 4.78 is 0. The maximum Gasteiger partial charge on any atom is 0.224 e. The van der Waals surface area contributed by atoms with Crippen LogP contribution in [-0.4, -0.2) is 5.91 Å². The molecule has 3 N–H and O–H groups in total. The number of para-hydroxylation sites is 2. The summed E-state index contributed by atoms with van der Waals surface area (Å²) in [6, 6.07) is 7.37. The van der Waals surface area contributed by atoms with Gasteiger partial charge in [0.2, 0.25) is 5.91 Å². The highest BCUT2D eigenvalue weighted by atomic mass is 16.1. The van der Waals surface area contributed by atoms with Gasteiger partial charge >= 0.3 is 0 Å². The molecule has 3 heteroatoms. The third kappa shape index (κ3) is 4.78. The van der Waals surface area contributed by atoms with E-state index in [0.717, 1.165) is 12.8 Å². The molecule has 0 spiro atoms.